The summed E-state index contributed by atoms with van der Waals surface area (Å²) < 4.78 is 11.2. The Bertz CT molecular complexity index is 586. The molecule has 0 amide bonds. The maximum atomic E-state index is 12.2. The number of benzene rings is 2. The third-order valence-electron chi connectivity index (χ3n) is 3.61. The van der Waals surface area contributed by atoms with Crippen LogP contribution in [0.5, 0.6) is 0 Å². The van der Waals surface area contributed by atoms with Crippen LogP contribution >= 0.6 is 0 Å². The van der Waals surface area contributed by atoms with Crippen molar-refractivity contribution in [1.82, 2.24) is 5.32 Å². The molecule has 0 saturated heterocycles. The van der Waals surface area contributed by atoms with Crippen LogP contribution in [0.4, 0.5) is 0 Å². The predicted molar refractivity (Wildman–Crippen MR) is 89.8 cm³/mol. The molecule has 2 aromatic rings. The average molecular weight is 313 g/mol. The van der Waals surface area contributed by atoms with Crippen molar-refractivity contribution in [1.29, 1.82) is 0 Å². The normalized spacial score (nSPS) is 13.3. The Morgan fingerprint density at radius 1 is 0.957 bits per heavy atom. The molecule has 0 heterocycles. The zero-order valence-corrected chi connectivity index (χ0v) is 13.6. The molecule has 0 unspecified atom stereocenters. The topological polar surface area (TPSA) is 47.6 Å². The minimum Gasteiger partial charge on any atom is -0.460 e. The number of hydrogen-bond donors (Lipinski definition) is 1. The molecule has 0 saturated carbocycles. The van der Waals surface area contributed by atoms with E-state index in [0.717, 1.165) is 11.1 Å². The monoisotopic (exact) mass is 313 g/mol. The van der Waals surface area contributed by atoms with E-state index >= 15 is 0 Å². The SMILES string of the molecule is CN[C@H](C(=O)OCc1ccccc1)[C@@H](C)OCc1ccccc1. The van der Waals surface area contributed by atoms with E-state index in [1.807, 2.05) is 67.6 Å². The van der Waals surface area contributed by atoms with Crippen molar-refractivity contribution in [2.24, 2.45) is 0 Å². The van der Waals surface area contributed by atoms with Gasteiger partial charge in [-0.1, -0.05) is 60.7 Å². The van der Waals surface area contributed by atoms with Crippen molar-refractivity contribution in [2.45, 2.75) is 32.3 Å². The molecule has 2 rings (SSSR count). The van der Waals surface area contributed by atoms with Gasteiger partial charge in [0.2, 0.25) is 0 Å². The number of carbonyl (C=O) groups excluding carboxylic acids is 1. The Hall–Kier alpha value is -2.17. The van der Waals surface area contributed by atoms with Crippen LogP contribution in [0.15, 0.2) is 60.7 Å². The fourth-order valence-electron chi connectivity index (χ4n) is 2.26. The van der Waals surface area contributed by atoms with Crippen LogP contribution in [-0.4, -0.2) is 25.2 Å². The van der Waals surface area contributed by atoms with Crippen molar-refractivity contribution in [3.05, 3.63) is 71.8 Å². The van der Waals surface area contributed by atoms with Gasteiger partial charge in [0.1, 0.15) is 12.6 Å². The third kappa shape index (κ3) is 5.51. The molecule has 0 aromatic heterocycles. The number of ether oxygens (including phenoxy) is 2. The molecule has 0 aliphatic heterocycles. The fraction of sp³-hybridized carbons (Fsp3) is 0.316. The molecule has 0 spiro atoms. The van der Waals surface area contributed by atoms with E-state index in [1.165, 1.54) is 0 Å². The molecular formula is C19H23NO3. The summed E-state index contributed by atoms with van der Waals surface area (Å²) in [6, 6.07) is 19.0. The highest BCUT2D eigenvalue weighted by Crippen LogP contribution is 2.09. The van der Waals surface area contributed by atoms with E-state index in [1.54, 1.807) is 7.05 Å². The largest absolute Gasteiger partial charge is 0.460 e. The molecule has 1 N–H and O–H groups in total. The lowest BCUT2D eigenvalue weighted by Gasteiger charge is -2.22. The van der Waals surface area contributed by atoms with Gasteiger partial charge in [-0.05, 0) is 25.1 Å². The molecule has 0 bridgehead atoms. The Balaban J connectivity index is 1.83. The van der Waals surface area contributed by atoms with Crippen molar-refractivity contribution in [2.75, 3.05) is 7.05 Å². The van der Waals surface area contributed by atoms with Crippen LogP contribution < -0.4 is 5.32 Å². The fourth-order valence-corrected chi connectivity index (χ4v) is 2.26. The molecule has 2 aromatic carbocycles. The van der Waals surface area contributed by atoms with Gasteiger partial charge >= 0.3 is 5.97 Å². The van der Waals surface area contributed by atoms with E-state index in [-0.39, 0.29) is 18.7 Å². The van der Waals surface area contributed by atoms with Crippen molar-refractivity contribution < 1.29 is 14.3 Å². The standard InChI is InChI=1S/C19H23NO3/c1-15(22-13-16-9-5-3-6-10-16)18(20-2)19(21)23-14-17-11-7-4-8-12-17/h3-12,15,18,20H,13-14H2,1-2H3/t15-,18+/m1/s1. The van der Waals surface area contributed by atoms with E-state index in [4.69, 9.17) is 9.47 Å². The minimum atomic E-state index is -0.498. The molecule has 0 aliphatic carbocycles. The third-order valence-corrected chi connectivity index (χ3v) is 3.61. The highest BCUT2D eigenvalue weighted by Gasteiger charge is 2.25. The van der Waals surface area contributed by atoms with Crippen molar-refractivity contribution >= 4 is 5.97 Å². The molecule has 0 aliphatic rings. The molecule has 122 valence electrons. The van der Waals surface area contributed by atoms with Gasteiger partial charge in [0, 0.05) is 0 Å². The Labute approximate surface area is 137 Å². The number of esters is 1. The van der Waals surface area contributed by atoms with Gasteiger partial charge in [0.25, 0.3) is 0 Å². The first kappa shape index (κ1) is 17.2. The number of carbonyl (C=O) groups is 1. The minimum absolute atomic E-state index is 0.267. The van der Waals surface area contributed by atoms with Gasteiger partial charge < -0.3 is 14.8 Å². The van der Waals surface area contributed by atoms with Gasteiger partial charge in [-0.2, -0.15) is 0 Å². The van der Waals surface area contributed by atoms with Crippen LogP contribution in [0.2, 0.25) is 0 Å². The maximum absolute atomic E-state index is 12.2. The van der Waals surface area contributed by atoms with Crippen molar-refractivity contribution in [3.63, 3.8) is 0 Å². The van der Waals surface area contributed by atoms with Crippen LogP contribution in [0, 0.1) is 0 Å². The summed E-state index contributed by atoms with van der Waals surface area (Å²) in [4.78, 5) is 12.2. The summed E-state index contributed by atoms with van der Waals surface area (Å²) in [5, 5.41) is 2.97. The van der Waals surface area contributed by atoms with Crippen molar-refractivity contribution in [3.8, 4) is 0 Å². The summed E-state index contributed by atoms with van der Waals surface area (Å²) in [5.41, 5.74) is 2.04. The lowest BCUT2D eigenvalue weighted by Crippen LogP contribution is -2.45. The van der Waals surface area contributed by atoms with E-state index in [0.29, 0.717) is 6.61 Å². The Morgan fingerprint density at radius 2 is 1.48 bits per heavy atom. The Morgan fingerprint density at radius 3 is 2.00 bits per heavy atom. The van der Waals surface area contributed by atoms with Crippen LogP contribution in [0.25, 0.3) is 0 Å². The van der Waals surface area contributed by atoms with Gasteiger partial charge in [-0.3, -0.25) is 4.79 Å². The zero-order valence-electron chi connectivity index (χ0n) is 13.6. The number of rotatable bonds is 8. The summed E-state index contributed by atoms with van der Waals surface area (Å²) in [7, 11) is 1.73. The summed E-state index contributed by atoms with van der Waals surface area (Å²) in [6.45, 7) is 2.60. The van der Waals surface area contributed by atoms with Gasteiger partial charge in [-0.25, -0.2) is 0 Å². The van der Waals surface area contributed by atoms with Crippen LogP contribution in [0.3, 0.4) is 0 Å². The van der Waals surface area contributed by atoms with Crippen LogP contribution in [-0.2, 0) is 27.5 Å². The highest BCUT2D eigenvalue weighted by atomic mass is 16.5. The number of hydrogen-bond acceptors (Lipinski definition) is 4. The maximum Gasteiger partial charge on any atom is 0.326 e. The van der Waals surface area contributed by atoms with Gasteiger partial charge in [0.05, 0.1) is 12.7 Å². The summed E-state index contributed by atoms with van der Waals surface area (Å²) in [6.07, 6.45) is -0.288. The Kier molecular flexibility index (Phi) is 6.78. The summed E-state index contributed by atoms with van der Waals surface area (Å²) in [5.74, 6) is -0.308. The smallest absolute Gasteiger partial charge is 0.326 e. The molecule has 4 nitrogen and oxygen atoms in total. The van der Waals surface area contributed by atoms with E-state index < -0.39 is 6.04 Å². The average Bonchev–Trinajstić information content (AvgIpc) is 2.60. The van der Waals surface area contributed by atoms with E-state index in [9.17, 15) is 4.79 Å². The first-order valence-corrected chi connectivity index (χ1v) is 7.74. The molecule has 23 heavy (non-hydrogen) atoms. The second kappa shape index (κ2) is 9.08. The lowest BCUT2D eigenvalue weighted by atomic mass is 10.1. The predicted octanol–water partition coefficient (Wildman–Crippen LogP) is 2.92. The molecule has 0 fully saturated rings. The second-order valence-corrected chi connectivity index (χ2v) is 5.36. The quantitative estimate of drug-likeness (QED) is 0.761. The van der Waals surface area contributed by atoms with Crippen LogP contribution in [0.1, 0.15) is 18.1 Å². The first-order chi connectivity index (χ1) is 11.2. The number of likely N-dealkylation sites (N-methyl/N-ethyl adjacent to an activating group) is 1. The van der Waals surface area contributed by atoms with E-state index in [2.05, 4.69) is 5.32 Å². The summed E-state index contributed by atoms with van der Waals surface area (Å²) >= 11 is 0. The molecule has 2 atom stereocenters. The lowest BCUT2D eigenvalue weighted by molar-refractivity contribution is -0.151. The number of nitrogens with one attached hydrogen (secondary N) is 1. The molecular weight excluding hydrogens is 290 g/mol. The van der Waals surface area contributed by atoms with Gasteiger partial charge in [-0.15, -0.1) is 0 Å². The second-order valence-electron chi connectivity index (χ2n) is 5.36. The zero-order chi connectivity index (χ0) is 16.5. The highest BCUT2D eigenvalue weighted by molar-refractivity contribution is 5.76. The molecule has 4 heteroatoms. The molecule has 0 radical (unpaired) electrons. The van der Waals surface area contributed by atoms with Gasteiger partial charge in [0.15, 0.2) is 0 Å². The first-order valence-electron chi connectivity index (χ1n) is 7.74.